The zero-order valence-electron chi connectivity index (χ0n) is 11.7. The minimum atomic E-state index is 0. The molecule has 0 spiro atoms. The molecule has 0 heterocycles. The Morgan fingerprint density at radius 2 is 0.562 bits per heavy atom. The van der Waals surface area contributed by atoms with Crippen molar-refractivity contribution in [2.75, 3.05) is 0 Å². The molecule has 0 aliphatic heterocycles. The standard InChI is InChI=1S/C6H12.2C3H8.C2H6.2CH4/c1-2-4-6-5-3-1;2*1-3-2;1-2;;/h1-6H2;2*3H2,1-2H3;1-2H3;2*1H4. The third kappa shape index (κ3) is 65.7. The fraction of sp³-hybridized carbons (Fsp3) is 1.00. The highest BCUT2D eigenvalue weighted by Gasteiger charge is 1.95. The summed E-state index contributed by atoms with van der Waals surface area (Å²) in [4.78, 5) is 0. The second-order valence-electron chi connectivity index (χ2n) is 3.54. The van der Waals surface area contributed by atoms with E-state index in [2.05, 4.69) is 27.7 Å². The van der Waals surface area contributed by atoms with Crippen LogP contribution in [0.25, 0.3) is 0 Å². The quantitative estimate of drug-likeness (QED) is 0.408. The van der Waals surface area contributed by atoms with E-state index in [4.69, 9.17) is 0 Å². The van der Waals surface area contributed by atoms with E-state index in [1.165, 1.54) is 51.4 Å². The van der Waals surface area contributed by atoms with Crippen LogP contribution in [0.4, 0.5) is 0 Å². The lowest BCUT2D eigenvalue weighted by Gasteiger charge is -2.05. The maximum atomic E-state index is 2.12. The van der Waals surface area contributed by atoms with Crippen molar-refractivity contribution >= 4 is 0 Å². The highest BCUT2D eigenvalue weighted by Crippen LogP contribution is 2.15. The second-order valence-corrected chi connectivity index (χ2v) is 3.54. The van der Waals surface area contributed by atoms with Gasteiger partial charge in [-0.1, -0.05) is 108 Å². The summed E-state index contributed by atoms with van der Waals surface area (Å²) in [5.74, 6) is 0. The highest BCUT2D eigenvalue weighted by atomic mass is 14.0. The molecular weight excluding hydrogens is 192 g/mol. The van der Waals surface area contributed by atoms with E-state index in [1.807, 2.05) is 13.8 Å². The van der Waals surface area contributed by atoms with Gasteiger partial charge in [-0.15, -0.1) is 0 Å². The van der Waals surface area contributed by atoms with Crippen LogP contribution >= 0.6 is 0 Å². The third-order valence-electron chi connectivity index (χ3n) is 1.50. The van der Waals surface area contributed by atoms with E-state index >= 15 is 0 Å². The summed E-state index contributed by atoms with van der Waals surface area (Å²) in [5.41, 5.74) is 0. The van der Waals surface area contributed by atoms with Crippen molar-refractivity contribution in [2.45, 2.75) is 108 Å². The molecule has 0 nitrogen and oxygen atoms in total. The van der Waals surface area contributed by atoms with E-state index in [-0.39, 0.29) is 14.9 Å². The van der Waals surface area contributed by atoms with Gasteiger partial charge in [-0.2, -0.15) is 0 Å². The van der Waals surface area contributed by atoms with Gasteiger partial charge in [0.05, 0.1) is 0 Å². The van der Waals surface area contributed by atoms with Crippen LogP contribution in [0, 0.1) is 0 Å². The average Bonchev–Trinajstić information content (AvgIpc) is 2.26. The molecule has 0 aromatic carbocycles. The summed E-state index contributed by atoms with van der Waals surface area (Å²) in [6.45, 7) is 12.5. The van der Waals surface area contributed by atoms with Gasteiger partial charge in [0.25, 0.3) is 0 Å². The SMILES string of the molecule is C.C.C1CCCCC1.CC.CCC.CCC. The Balaban J connectivity index is -0.0000000359. The highest BCUT2D eigenvalue weighted by molar-refractivity contribution is 4.51. The maximum Gasteiger partial charge on any atom is -0.0533 e. The summed E-state index contributed by atoms with van der Waals surface area (Å²) in [5, 5.41) is 0. The molecular formula is C16H42. The van der Waals surface area contributed by atoms with Crippen molar-refractivity contribution in [1.29, 1.82) is 0 Å². The Bertz CT molecular complexity index is 30.5. The smallest absolute Gasteiger partial charge is 0.0533 e. The normalized spacial score (nSPS) is 11.6. The van der Waals surface area contributed by atoms with Crippen LogP contribution < -0.4 is 0 Å². The number of hydrogen-bond acceptors (Lipinski definition) is 0. The molecule has 1 saturated carbocycles. The van der Waals surface area contributed by atoms with Gasteiger partial charge in [-0.3, -0.25) is 0 Å². The first kappa shape index (κ1) is 29.8. The summed E-state index contributed by atoms with van der Waals surface area (Å²) < 4.78 is 0. The van der Waals surface area contributed by atoms with Gasteiger partial charge in [0.2, 0.25) is 0 Å². The minimum absolute atomic E-state index is 0. The van der Waals surface area contributed by atoms with Crippen LogP contribution in [-0.2, 0) is 0 Å². The molecule has 1 rings (SSSR count). The monoisotopic (exact) mass is 234 g/mol. The fourth-order valence-corrected chi connectivity index (χ4v) is 1.06. The van der Waals surface area contributed by atoms with Crippen LogP contribution in [0.2, 0.25) is 0 Å². The minimum Gasteiger partial charge on any atom is -0.0776 e. The van der Waals surface area contributed by atoms with E-state index < -0.39 is 0 Å². The van der Waals surface area contributed by atoms with Crippen molar-refractivity contribution in [1.82, 2.24) is 0 Å². The third-order valence-corrected chi connectivity index (χ3v) is 1.50. The van der Waals surface area contributed by atoms with Gasteiger partial charge in [-0.25, -0.2) is 0 Å². The molecule has 0 radical (unpaired) electrons. The van der Waals surface area contributed by atoms with Crippen LogP contribution in [0.1, 0.15) is 108 Å². The Morgan fingerprint density at radius 1 is 0.500 bits per heavy atom. The van der Waals surface area contributed by atoms with Crippen molar-refractivity contribution in [3.8, 4) is 0 Å². The Kier molecular flexibility index (Phi) is 85.4. The lowest BCUT2D eigenvalue weighted by Crippen LogP contribution is -1.85. The largest absolute Gasteiger partial charge is 0.0776 e. The molecule has 1 aliphatic carbocycles. The van der Waals surface area contributed by atoms with Crippen LogP contribution in [-0.4, -0.2) is 0 Å². The molecule has 0 unspecified atom stereocenters. The van der Waals surface area contributed by atoms with E-state index in [1.54, 1.807) is 0 Å². The van der Waals surface area contributed by atoms with E-state index in [0.717, 1.165) is 0 Å². The zero-order valence-corrected chi connectivity index (χ0v) is 11.7. The predicted octanol–water partition coefficient (Wildman–Crippen LogP) is 7.47. The van der Waals surface area contributed by atoms with Gasteiger partial charge >= 0.3 is 0 Å². The summed E-state index contributed by atoms with van der Waals surface area (Å²) in [6.07, 6.45) is 11.5. The second kappa shape index (κ2) is 45.9. The Labute approximate surface area is 108 Å². The molecule has 0 saturated heterocycles. The molecule has 0 atom stereocenters. The lowest BCUT2D eigenvalue weighted by molar-refractivity contribution is 0.504. The van der Waals surface area contributed by atoms with Gasteiger partial charge in [0.15, 0.2) is 0 Å². The Morgan fingerprint density at radius 3 is 0.625 bits per heavy atom. The fourth-order valence-electron chi connectivity index (χ4n) is 1.06. The topological polar surface area (TPSA) is 0 Å². The summed E-state index contributed by atoms with van der Waals surface area (Å²) >= 11 is 0. The van der Waals surface area contributed by atoms with Gasteiger partial charge in [-0.05, 0) is 0 Å². The van der Waals surface area contributed by atoms with E-state index in [9.17, 15) is 0 Å². The summed E-state index contributed by atoms with van der Waals surface area (Å²) in [7, 11) is 0. The number of hydrogen-bond donors (Lipinski definition) is 0. The summed E-state index contributed by atoms with van der Waals surface area (Å²) in [6, 6.07) is 0. The van der Waals surface area contributed by atoms with Crippen LogP contribution in [0.5, 0.6) is 0 Å². The van der Waals surface area contributed by atoms with Crippen molar-refractivity contribution in [3.63, 3.8) is 0 Å². The van der Waals surface area contributed by atoms with Crippen LogP contribution in [0.15, 0.2) is 0 Å². The van der Waals surface area contributed by atoms with Crippen molar-refractivity contribution in [2.24, 2.45) is 0 Å². The molecule has 16 heavy (non-hydrogen) atoms. The molecule has 0 bridgehead atoms. The molecule has 1 aliphatic rings. The van der Waals surface area contributed by atoms with Crippen molar-refractivity contribution < 1.29 is 0 Å². The first-order valence-corrected chi connectivity index (χ1v) is 6.83. The first-order valence-electron chi connectivity index (χ1n) is 6.83. The zero-order chi connectivity index (χ0) is 11.7. The molecule has 0 N–H and O–H groups in total. The number of rotatable bonds is 0. The molecule has 0 heteroatoms. The van der Waals surface area contributed by atoms with Gasteiger partial charge in [0.1, 0.15) is 0 Å². The molecule has 1 fully saturated rings. The molecule has 0 aromatic rings. The predicted molar refractivity (Wildman–Crippen MR) is 84.4 cm³/mol. The molecule has 0 amide bonds. The van der Waals surface area contributed by atoms with Gasteiger partial charge < -0.3 is 0 Å². The van der Waals surface area contributed by atoms with E-state index in [0.29, 0.717) is 0 Å². The molecule has 0 aromatic heterocycles. The molecule has 106 valence electrons. The maximum absolute atomic E-state index is 2.12. The lowest BCUT2D eigenvalue weighted by atomic mass is 10.0. The average molecular weight is 235 g/mol. The van der Waals surface area contributed by atoms with Crippen molar-refractivity contribution in [3.05, 3.63) is 0 Å². The van der Waals surface area contributed by atoms with Gasteiger partial charge in [0, 0.05) is 0 Å². The Hall–Kier alpha value is 0. The van der Waals surface area contributed by atoms with Crippen LogP contribution in [0.3, 0.4) is 0 Å². The first-order chi connectivity index (χ1) is 6.83.